The summed E-state index contributed by atoms with van der Waals surface area (Å²) in [5, 5.41) is 0. The molecule has 0 aliphatic rings. The van der Waals surface area contributed by atoms with E-state index in [1.807, 2.05) is 42.5 Å². The molecule has 0 bridgehead atoms. The number of esters is 1. The second-order valence-electron chi connectivity index (χ2n) is 4.42. The highest BCUT2D eigenvalue weighted by Crippen LogP contribution is 2.27. The van der Waals surface area contributed by atoms with Crippen LogP contribution in [-0.4, -0.2) is 5.97 Å². The van der Waals surface area contributed by atoms with Crippen LogP contribution in [-0.2, 0) is 16.1 Å². The Hall–Kier alpha value is -2.00. The van der Waals surface area contributed by atoms with E-state index in [9.17, 15) is 4.79 Å². The van der Waals surface area contributed by atoms with Crippen LogP contribution in [0.3, 0.4) is 0 Å². The predicted octanol–water partition coefficient (Wildman–Crippen LogP) is 4.46. The summed E-state index contributed by atoms with van der Waals surface area (Å²) in [5.74, 6) is -0.354. The zero-order chi connectivity index (χ0) is 14.4. The van der Waals surface area contributed by atoms with E-state index >= 15 is 0 Å². The van der Waals surface area contributed by atoms with Crippen LogP contribution >= 0.6 is 11.8 Å². The molecule has 0 unspecified atom stereocenters. The summed E-state index contributed by atoms with van der Waals surface area (Å²) in [6.07, 6.45) is 0. The van der Waals surface area contributed by atoms with Crippen molar-refractivity contribution in [1.29, 1.82) is 0 Å². The molecule has 2 rings (SSSR count). The molecular weight excluding hydrogens is 268 g/mol. The molecule has 0 heterocycles. The van der Waals surface area contributed by atoms with Crippen molar-refractivity contribution >= 4 is 17.7 Å². The summed E-state index contributed by atoms with van der Waals surface area (Å²) in [4.78, 5) is 13.7. The van der Waals surface area contributed by atoms with Gasteiger partial charge in [0.05, 0.1) is 0 Å². The Balaban J connectivity index is 1.93. The number of benzene rings is 2. The first-order chi connectivity index (χ1) is 9.65. The van der Waals surface area contributed by atoms with Crippen molar-refractivity contribution < 1.29 is 9.53 Å². The molecule has 20 heavy (non-hydrogen) atoms. The SMILES string of the molecule is C=C(C)C(=O)OCc1ccc(Sc2ccccc2)cc1. The van der Waals surface area contributed by atoms with Crippen molar-refractivity contribution in [2.45, 2.75) is 23.3 Å². The maximum Gasteiger partial charge on any atom is 0.333 e. The Morgan fingerprint density at radius 1 is 1.05 bits per heavy atom. The summed E-state index contributed by atoms with van der Waals surface area (Å²) in [6.45, 7) is 5.47. The Kier molecular flexibility index (Phi) is 5.02. The van der Waals surface area contributed by atoms with E-state index in [4.69, 9.17) is 4.74 Å². The van der Waals surface area contributed by atoms with E-state index in [1.54, 1.807) is 18.7 Å². The number of hydrogen-bond acceptors (Lipinski definition) is 3. The van der Waals surface area contributed by atoms with Gasteiger partial charge in [-0.1, -0.05) is 48.7 Å². The van der Waals surface area contributed by atoms with Gasteiger partial charge in [-0.2, -0.15) is 0 Å². The van der Waals surface area contributed by atoms with Crippen LogP contribution in [0.1, 0.15) is 12.5 Å². The lowest BCUT2D eigenvalue weighted by Crippen LogP contribution is -2.04. The molecule has 0 saturated carbocycles. The molecule has 0 fully saturated rings. The second kappa shape index (κ2) is 6.96. The third kappa shape index (κ3) is 4.28. The van der Waals surface area contributed by atoms with E-state index < -0.39 is 0 Å². The molecule has 0 aliphatic heterocycles. The van der Waals surface area contributed by atoms with Gasteiger partial charge in [0.2, 0.25) is 0 Å². The predicted molar refractivity (Wildman–Crippen MR) is 81.6 cm³/mol. The first-order valence-electron chi connectivity index (χ1n) is 6.29. The first-order valence-corrected chi connectivity index (χ1v) is 7.11. The maximum atomic E-state index is 11.3. The van der Waals surface area contributed by atoms with Gasteiger partial charge in [0.25, 0.3) is 0 Å². The average molecular weight is 284 g/mol. The first kappa shape index (κ1) is 14.4. The second-order valence-corrected chi connectivity index (χ2v) is 5.56. The number of hydrogen-bond donors (Lipinski definition) is 0. The van der Waals surface area contributed by atoms with Gasteiger partial charge in [0.1, 0.15) is 6.61 Å². The molecule has 0 aromatic heterocycles. The minimum atomic E-state index is -0.354. The number of ether oxygens (including phenoxy) is 1. The molecule has 2 aromatic carbocycles. The largest absolute Gasteiger partial charge is 0.457 e. The van der Waals surface area contributed by atoms with Crippen LogP contribution in [0.4, 0.5) is 0 Å². The molecule has 2 nitrogen and oxygen atoms in total. The Labute approximate surface area is 123 Å². The van der Waals surface area contributed by atoms with Crippen LogP contribution in [0, 0.1) is 0 Å². The standard InChI is InChI=1S/C17H16O2S/c1-13(2)17(18)19-12-14-8-10-16(11-9-14)20-15-6-4-3-5-7-15/h3-11H,1,12H2,2H3. The normalized spacial score (nSPS) is 10.1. The van der Waals surface area contributed by atoms with Gasteiger partial charge in [-0.25, -0.2) is 4.79 Å². The van der Waals surface area contributed by atoms with Crippen molar-refractivity contribution in [3.8, 4) is 0 Å². The van der Waals surface area contributed by atoms with Gasteiger partial charge in [-0.05, 0) is 36.8 Å². The fourth-order valence-corrected chi connectivity index (χ4v) is 2.39. The van der Waals surface area contributed by atoms with E-state index in [0.717, 1.165) is 10.5 Å². The van der Waals surface area contributed by atoms with E-state index in [-0.39, 0.29) is 12.6 Å². The van der Waals surface area contributed by atoms with Crippen molar-refractivity contribution in [2.75, 3.05) is 0 Å². The third-order valence-corrected chi connectivity index (χ3v) is 3.64. The van der Waals surface area contributed by atoms with Gasteiger partial charge >= 0.3 is 5.97 Å². The van der Waals surface area contributed by atoms with E-state index in [1.165, 1.54) is 4.90 Å². The quantitative estimate of drug-likeness (QED) is 0.599. The lowest BCUT2D eigenvalue weighted by molar-refractivity contribution is -0.140. The molecule has 0 N–H and O–H groups in total. The van der Waals surface area contributed by atoms with Crippen LogP contribution < -0.4 is 0 Å². The third-order valence-electron chi connectivity index (χ3n) is 2.62. The molecular formula is C17H16O2S. The Bertz CT molecular complexity index is 588. The van der Waals surface area contributed by atoms with Gasteiger partial charge in [-0.3, -0.25) is 0 Å². The highest BCUT2D eigenvalue weighted by molar-refractivity contribution is 7.99. The van der Waals surface area contributed by atoms with Crippen LogP contribution in [0.2, 0.25) is 0 Å². The molecule has 0 atom stereocenters. The van der Waals surface area contributed by atoms with E-state index in [0.29, 0.717) is 5.57 Å². The Morgan fingerprint density at radius 2 is 1.65 bits per heavy atom. The van der Waals surface area contributed by atoms with Crippen LogP contribution in [0.5, 0.6) is 0 Å². The highest BCUT2D eigenvalue weighted by Gasteiger charge is 2.03. The van der Waals surface area contributed by atoms with Crippen molar-refractivity contribution in [3.05, 3.63) is 72.3 Å². The van der Waals surface area contributed by atoms with Gasteiger partial charge in [0, 0.05) is 15.4 Å². The lowest BCUT2D eigenvalue weighted by Gasteiger charge is -2.06. The molecule has 0 spiro atoms. The average Bonchev–Trinajstić information content (AvgIpc) is 2.47. The number of carbonyl (C=O) groups is 1. The summed E-state index contributed by atoms with van der Waals surface area (Å²) < 4.78 is 5.10. The zero-order valence-electron chi connectivity index (χ0n) is 11.3. The Morgan fingerprint density at radius 3 is 2.25 bits per heavy atom. The number of carbonyl (C=O) groups excluding carboxylic acids is 1. The zero-order valence-corrected chi connectivity index (χ0v) is 12.2. The maximum absolute atomic E-state index is 11.3. The van der Waals surface area contributed by atoms with E-state index in [2.05, 4.69) is 18.7 Å². The molecule has 3 heteroatoms. The summed E-state index contributed by atoms with van der Waals surface area (Å²) in [7, 11) is 0. The molecule has 0 radical (unpaired) electrons. The summed E-state index contributed by atoms with van der Waals surface area (Å²) in [6, 6.07) is 18.2. The molecule has 0 aliphatic carbocycles. The lowest BCUT2D eigenvalue weighted by atomic mass is 10.2. The van der Waals surface area contributed by atoms with Gasteiger partial charge in [-0.15, -0.1) is 0 Å². The van der Waals surface area contributed by atoms with Crippen LogP contribution in [0.15, 0.2) is 76.5 Å². The molecule has 2 aromatic rings. The van der Waals surface area contributed by atoms with Crippen molar-refractivity contribution in [2.24, 2.45) is 0 Å². The van der Waals surface area contributed by atoms with Crippen LogP contribution in [0.25, 0.3) is 0 Å². The fraction of sp³-hybridized carbons (Fsp3) is 0.118. The molecule has 102 valence electrons. The highest BCUT2D eigenvalue weighted by atomic mass is 32.2. The summed E-state index contributed by atoms with van der Waals surface area (Å²) in [5.41, 5.74) is 1.39. The smallest absolute Gasteiger partial charge is 0.333 e. The van der Waals surface area contributed by atoms with Crippen molar-refractivity contribution in [3.63, 3.8) is 0 Å². The fourth-order valence-electron chi connectivity index (χ4n) is 1.55. The summed E-state index contributed by atoms with van der Waals surface area (Å²) >= 11 is 1.70. The monoisotopic (exact) mass is 284 g/mol. The number of rotatable bonds is 5. The minimum Gasteiger partial charge on any atom is -0.457 e. The van der Waals surface area contributed by atoms with Gasteiger partial charge in [0.15, 0.2) is 0 Å². The van der Waals surface area contributed by atoms with Gasteiger partial charge < -0.3 is 4.74 Å². The minimum absolute atomic E-state index is 0.280. The molecule has 0 amide bonds. The topological polar surface area (TPSA) is 26.3 Å². The van der Waals surface area contributed by atoms with Crippen molar-refractivity contribution in [1.82, 2.24) is 0 Å². The molecule has 0 saturated heterocycles.